The van der Waals surface area contributed by atoms with Crippen molar-refractivity contribution in [3.8, 4) is 0 Å². The van der Waals surface area contributed by atoms with Gasteiger partial charge in [0.15, 0.2) is 4.34 Å². The van der Waals surface area contributed by atoms with Crippen LogP contribution in [0.25, 0.3) is 0 Å². The van der Waals surface area contributed by atoms with Gasteiger partial charge in [0.25, 0.3) is 0 Å². The Balaban J connectivity index is 1.29. The number of aromatic nitrogens is 2. The van der Waals surface area contributed by atoms with E-state index in [1.807, 2.05) is 31.2 Å². The number of thioether (sulfide) groups is 1. The first-order valence-corrected chi connectivity index (χ1v) is 13.3. The van der Waals surface area contributed by atoms with Crippen LogP contribution in [0.15, 0.2) is 57.8 Å². The Morgan fingerprint density at radius 2 is 1.81 bits per heavy atom. The van der Waals surface area contributed by atoms with E-state index < -0.39 is 10.0 Å². The molecule has 4 rings (SSSR count). The Morgan fingerprint density at radius 3 is 2.53 bits per heavy atom. The molecule has 2 N–H and O–H groups in total. The first kappa shape index (κ1) is 22.7. The number of nitrogens with one attached hydrogen (secondary N) is 2. The molecule has 168 valence electrons. The third kappa shape index (κ3) is 5.47. The maximum atomic E-state index is 12.6. The molecule has 1 aliphatic rings. The fraction of sp³-hybridized carbons (Fsp3) is 0.286. The molecule has 11 heteroatoms. The van der Waals surface area contributed by atoms with Crippen LogP contribution >= 0.6 is 23.1 Å². The molecule has 1 aromatic heterocycles. The van der Waals surface area contributed by atoms with Gasteiger partial charge >= 0.3 is 0 Å². The fourth-order valence-corrected chi connectivity index (χ4v) is 6.34. The zero-order valence-corrected chi connectivity index (χ0v) is 19.9. The molecule has 1 aliphatic heterocycles. The predicted molar refractivity (Wildman–Crippen MR) is 128 cm³/mol. The summed E-state index contributed by atoms with van der Waals surface area (Å²) in [7, 11) is -3.46. The van der Waals surface area contributed by atoms with Crippen LogP contribution < -0.4 is 10.6 Å². The van der Waals surface area contributed by atoms with Crippen molar-refractivity contribution in [2.24, 2.45) is 0 Å². The van der Waals surface area contributed by atoms with Crippen molar-refractivity contribution in [2.45, 2.75) is 29.0 Å². The Hall–Kier alpha value is -2.47. The number of benzene rings is 2. The van der Waals surface area contributed by atoms with Crippen LogP contribution in [-0.4, -0.2) is 47.7 Å². The van der Waals surface area contributed by atoms with Gasteiger partial charge in [0.2, 0.25) is 21.1 Å². The summed E-state index contributed by atoms with van der Waals surface area (Å²) in [6, 6.07) is 14.2. The van der Waals surface area contributed by atoms with Crippen LogP contribution in [-0.2, 0) is 14.8 Å². The van der Waals surface area contributed by atoms with Crippen LogP contribution in [0.5, 0.6) is 0 Å². The second-order valence-electron chi connectivity index (χ2n) is 7.29. The molecular formula is C21H23N5O3S3. The highest BCUT2D eigenvalue weighted by molar-refractivity contribution is 8.01. The van der Waals surface area contributed by atoms with Crippen molar-refractivity contribution in [1.29, 1.82) is 0 Å². The molecule has 0 aliphatic carbocycles. The lowest BCUT2D eigenvalue weighted by molar-refractivity contribution is -0.113. The van der Waals surface area contributed by atoms with E-state index in [-0.39, 0.29) is 16.6 Å². The standard InChI is InChI=1S/C21H23N5O3S3/c1-15-6-2-3-7-18(15)23-20-24-25-21(31-20)30-14-19(27)22-16-8-10-17(11-9-16)32(28,29)26-12-4-5-13-26/h2-3,6-11H,4-5,12-14H2,1H3,(H,22,27)(H,23,24). The topological polar surface area (TPSA) is 104 Å². The Kier molecular flexibility index (Phi) is 7.09. The molecule has 0 saturated carbocycles. The quantitative estimate of drug-likeness (QED) is 0.459. The summed E-state index contributed by atoms with van der Waals surface area (Å²) in [6.45, 7) is 3.13. The first-order valence-electron chi connectivity index (χ1n) is 10.1. The van der Waals surface area contributed by atoms with Gasteiger partial charge in [0, 0.05) is 24.5 Å². The zero-order valence-electron chi connectivity index (χ0n) is 17.4. The number of nitrogens with zero attached hydrogens (tertiary/aromatic N) is 3. The van der Waals surface area contributed by atoms with Gasteiger partial charge in [-0.25, -0.2) is 8.42 Å². The van der Waals surface area contributed by atoms with Gasteiger partial charge < -0.3 is 10.6 Å². The van der Waals surface area contributed by atoms with Gasteiger partial charge in [-0.15, -0.1) is 10.2 Å². The van der Waals surface area contributed by atoms with E-state index in [4.69, 9.17) is 0 Å². The van der Waals surface area contributed by atoms with E-state index in [0.29, 0.717) is 28.2 Å². The van der Waals surface area contributed by atoms with Crippen LogP contribution in [0.3, 0.4) is 0 Å². The van der Waals surface area contributed by atoms with Gasteiger partial charge in [0.1, 0.15) is 0 Å². The normalized spacial score (nSPS) is 14.4. The molecule has 32 heavy (non-hydrogen) atoms. The summed E-state index contributed by atoms with van der Waals surface area (Å²) in [5.74, 6) is -0.0268. The molecule has 1 fully saturated rings. The molecule has 0 spiro atoms. The van der Waals surface area contributed by atoms with Crippen molar-refractivity contribution in [1.82, 2.24) is 14.5 Å². The van der Waals surface area contributed by atoms with E-state index in [2.05, 4.69) is 20.8 Å². The Labute approximate surface area is 195 Å². The second kappa shape index (κ2) is 9.99. The van der Waals surface area contributed by atoms with Gasteiger partial charge in [-0.1, -0.05) is 41.3 Å². The highest BCUT2D eigenvalue weighted by atomic mass is 32.2. The van der Waals surface area contributed by atoms with Gasteiger partial charge in [-0.2, -0.15) is 4.31 Å². The average Bonchev–Trinajstić information content (AvgIpc) is 3.47. The number of amides is 1. The van der Waals surface area contributed by atoms with Crippen molar-refractivity contribution in [3.63, 3.8) is 0 Å². The van der Waals surface area contributed by atoms with E-state index in [0.717, 1.165) is 24.1 Å². The molecule has 3 aromatic rings. The third-order valence-electron chi connectivity index (χ3n) is 4.96. The lowest BCUT2D eigenvalue weighted by Gasteiger charge is -2.15. The number of carbonyl (C=O) groups is 1. The van der Waals surface area contributed by atoms with Crippen molar-refractivity contribution in [3.05, 3.63) is 54.1 Å². The molecule has 0 unspecified atom stereocenters. The summed E-state index contributed by atoms with van der Waals surface area (Å²) in [5.41, 5.74) is 2.62. The Bertz CT molecular complexity index is 1190. The zero-order chi connectivity index (χ0) is 22.6. The summed E-state index contributed by atoms with van der Waals surface area (Å²) < 4.78 is 27.3. The number of aryl methyl sites for hydroxylation is 1. The van der Waals surface area contributed by atoms with E-state index >= 15 is 0 Å². The van der Waals surface area contributed by atoms with Crippen molar-refractivity contribution < 1.29 is 13.2 Å². The van der Waals surface area contributed by atoms with Crippen LogP contribution in [0.1, 0.15) is 18.4 Å². The SMILES string of the molecule is Cc1ccccc1Nc1nnc(SCC(=O)Nc2ccc(S(=O)(=O)N3CCCC3)cc2)s1. The minimum atomic E-state index is -3.46. The fourth-order valence-electron chi connectivity index (χ4n) is 3.26. The minimum Gasteiger partial charge on any atom is -0.330 e. The highest BCUT2D eigenvalue weighted by Crippen LogP contribution is 2.29. The number of carbonyl (C=O) groups excluding carboxylic acids is 1. The summed E-state index contributed by atoms with van der Waals surface area (Å²) in [4.78, 5) is 12.5. The third-order valence-corrected chi connectivity index (χ3v) is 8.85. The Morgan fingerprint density at radius 1 is 1.09 bits per heavy atom. The molecular weight excluding hydrogens is 466 g/mol. The lowest BCUT2D eigenvalue weighted by atomic mass is 10.2. The van der Waals surface area contributed by atoms with E-state index in [1.54, 1.807) is 12.1 Å². The molecule has 2 heterocycles. The molecule has 0 atom stereocenters. The number of anilines is 3. The molecule has 1 amide bonds. The van der Waals surface area contributed by atoms with Crippen LogP contribution in [0.2, 0.25) is 0 Å². The predicted octanol–water partition coefficient (Wildman–Crippen LogP) is 4.11. The van der Waals surface area contributed by atoms with Crippen LogP contribution in [0, 0.1) is 6.92 Å². The largest absolute Gasteiger partial charge is 0.330 e. The average molecular weight is 490 g/mol. The smallest absolute Gasteiger partial charge is 0.243 e. The number of para-hydroxylation sites is 1. The minimum absolute atomic E-state index is 0.173. The molecule has 1 saturated heterocycles. The summed E-state index contributed by atoms with van der Waals surface area (Å²) in [6.07, 6.45) is 1.78. The van der Waals surface area contributed by atoms with Crippen LogP contribution in [0.4, 0.5) is 16.5 Å². The molecule has 2 aromatic carbocycles. The van der Waals surface area contributed by atoms with E-state index in [9.17, 15) is 13.2 Å². The molecule has 0 radical (unpaired) electrons. The number of rotatable bonds is 8. The van der Waals surface area contributed by atoms with Gasteiger partial charge in [-0.3, -0.25) is 4.79 Å². The number of sulfonamides is 1. The van der Waals surface area contributed by atoms with E-state index in [1.165, 1.54) is 39.5 Å². The number of hydrogen-bond acceptors (Lipinski definition) is 8. The maximum Gasteiger partial charge on any atom is 0.243 e. The van der Waals surface area contributed by atoms with Crippen molar-refractivity contribution >= 4 is 55.5 Å². The lowest BCUT2D eigenvalue weighted by Crippen LogP contribution is -2.27. The van der Waals surface area contributed by atoms with Gasteiger partial charge in [-0.05, 0) is 55.7 Å². The first-order chi connectivity index (χ1) is 15.4. The monoisotopic (exact) mass is 489 g/mol. The second-order valence-corrected chi connectivity index (χ2v) is 11.4. The highest BCUT2D eigenvalue weighted by Gasteiger charge is 2.26. The van der Waals surface area contributed by atoms with Gasteiger partial charge in [0.05, 0.1) is 10.6 Å². The summed E-state index contributed by atoms with van der Waals surface area (Å²) >= 11 is 2.68. The maximum absolute atomic E-state index is 12.6. The van der Waals surface area contributed by atoms with Crippen molar-refractivity contribution in [2.75, 3.05) is 29.5 Å². The number of hydrogen-bond donors (Lipinski definition) is 2. The summed E-state index contributed by atoms with van der Waals surface area (Å²) in [5, 5.41) is 14.9. The molecule has 8 nitrogen and oxygen atoms in total. The molecule has 0 bridgehead atoms.